The number of nitrogens with zero attached hydrogens (tertiary/aromatic N) is 1. The molecule has 4 aromatic rings. The summed E-state index contributed by atoms with van der Waals surface area (Å²) in [5.41, 5.74) is 3.52. The monoisotopic (exact) mass is 506 g/mol. The van der Waals surface area contributed by atoms with E-state index in [1.165, 1.54) is 4.90 Å². The molecule has 0 unspecified atom stereocenters. The minimum atomic E-state index is -1.34. The summed E-state index contributed by atoms with van der Waals surface area (Å²) in [6, 6.07) is 20.2. The maximum atomic E-state index is 14.2. The van der Waals surface area contributed by atoms with Crippen LogP contribution in [-0.2, 0) is 26.3 Å². The van der Waals surface area contributed by atoms with Crippen molar-refractivity contribution in [3.8, 4) is 5.75 Å². The number of hydrogen-bond donors (Lipinski definition) is 3. The fourth-order valence-electron chi connectivity index (χ4n) is 6.61. The first-order valence-electron chi connectivity index (χ1n) is 12.7. The summed E-state index contributed by atoms with van der Waals surface area (Å²) in [5, 5.41) is 7.58. The summed E-state index contributed by atoms with van der Waals surface area (Å²) in [5.74, 6) is -1.93. The van der Waals surface area contributed by atoms with Crippen LogP contribution < -0.4 is 20.3 Å². The number of H-pyrrole nitrogens is 1. The number of anilines is 2. The van der Waals surface area contributed by atoms with Gasteiger partial charge in [-0.3, -0.25) is 19.7 Å². The van der Waals surface area contributed by atoms with Crippen LogP contribution in [0.15, 0.2) is 72.9 Å². The van der Waals surface area contributed by atoms with Gasteiger partial charge >= 0.3 is 0 Å². The summed E-state index contributed by atoms with van der Waals surface area (Å²) < 4.78 is 5.26. The van der Waals surface area contributed by atoms with E-state index >= 15 is 0 Å². The first-order valence-corrected chi connectivity index (χ1v) is 12.7. The molecule has 8 nitrogen and oxygen atoms in total. The van der Waals surface area contributed by atoms with Crippen LogP contribution >= 0.6 is 0 Å². The van der Waals surface area contributed by atoms with Gasteiger partial charge in [0, 0.05) is 34.4 Å². The van der Waals surface area contributed by atoms with E-state index in [0.717, 1.165) is 27.6 Å². The molecule has 7 rings (SSSR count). The minimum absolute atomic E-state index is 0.298. The lowest BCUT2D eigenvalue weighted by atomic mass is 9.76. The molecule has 190 valence electrons. The number of benzene rings is 3. The Balaban J connectivity index is 1.37. The second kappa shape index (κ2) is 8.03. The van der Waals surface area contributed by atoms with Crippen molar-refractivity contribution >= 4 is 40.0 Å². The maximum Gasteiger partial charge on any atom is 0.250 e. The number of fused-ring (bicyclic) bond motifs is 5. The van der Waals surface area contributed by atoms with Gasteiger partial charge in [-0.1, -0.05) is 35.9 Å². The van der Waals surface area contributed by atoms with Gasteiger partial charge in [-0.2, -0.15) is 0 Å². The van der Waals surface area contributed by atoms with Crippen LogP contribution in [0.2, 0.25) is 0 Å². The molecule has 4 atom stereocenters. The molecule has 1 spiro atoms. The fourth-order valence-corrected chi connectivity index (χ4v) is 6.61. The van der Waals surface area contributed by atoms with Crippen molar-refractivity contribution < 1.29 is 19.1 Å². The van der Waals surface area contributed by atoms with Crippen LogP contribution in [0, 0.1) is 18.8 Å². The van der Waals surface area contributed by atoms with Crippen LogP contribution in [0.3, 0.4) is 0 Å². The number of aromatic nitrogens is 1. The van der Waals surface area contributed by atoms with E-state index in [2.05, 4.69) is 15.6 Å². The normalized spacial score (nSPS) is 25.8. The molecular formula is C30H26N4O4. The third-order valence-electron chi connectivity index (χ3n) is 8.32. The van der Waals surface area contributed by atoms with Crippen molar-refractivity contribution in [2.45, 2.75) is 24.9 Å². The standard InChI is InChI=1S/C30H26N4O4/c1-16-7-12-23-21(13-16)30(29(37)32-23)26-25(24(33-30)14-17-15-31-22-6-4-3-5-20(17)22)27(35)34(28(26)36)18-8-10-19(38-2)11-9-18/h3-13,15,24-26,31,33H,14H2,1-2H3,(H,32,37)/t24-,25+,26-,30-/m0/s1. The lowest BCUT2D eigenvalue weighted by Crippen LogP contribution is -2.53. The van der Waals surface area contributed by atoms with E-state index in [1.807, 2.05) is 55.6 Å². The van der Waals surface area contributed by atoms with Crippen molar-refractivity contribution in [3.05, 3.63) is 89.6 Å². The van der Waals surface area contributed by atoms with Gasteiger partial charge in [0.05, 0.1) is 24.6 Å². The van der Waals surface area contributed by atoms with Crippen molar-refractivity contribution in [1.29, 1.82) is 0 Å². The Morgan fingerprint density at radius 3 is 2.55 bits per heavy atom. The summed E-state index contributed by atoms with van der Waals surface area (Å²) >= 11 is 0. The van der Waals surface area contributed by atoms with Crippen molar-refractivity contribution in [3.63, 3.8) is 0 Å². The van der Waals surface area contributed by atoms with Crippen LogP contribution in [0.25, 0.3) is 10.9 Å². The molecule has 1 aromatic heterocycles. The van der Waals surface area contributed by atoms with Gasteiger partial charge in [0.15, 0.2) is 0 Å². The summed E-state index contributed by atoms with van der Waals surface area (Å²) in [4.78, 5) is 46.6. The van der Waals surface area contributed by atoms with Crippen LogP contribution in [0.4, 0.5) is 11.4 Å². The smallest absolute Gasteiger partial charge is 0.250 e. The third kappa shape index (κ3) is 2.98. The van der Waals surface area contributed by atoms with Gasteiger partial charge in [-0.05, 0) is 55.3 Å². The number of ether oxygens (including phenoxy) is 1. The van der Waals surface area contributed by atoms with E-state index in [0.29, 0.717) is 23.5 Å². The Morgan fingerprint density at radius 2 is 1.76 bits per heavy atom. The molecular weight excluding hydrogens is 480 g/mol. The predicted molar refractivity (Wildman–Crippen MR) is 143 cm³/mol. The van der Waals surface area contributed by atoms with E-state index < -0.39 is 23.4 Å². The number of aromatic amines is 1. The largest absolute Gasteiger partial charge is 0.497 e. The highest BCUT2D eigenvalue weighted by Gasteiger charge is 2.70. The third-order valence-corrected chi connectivity index (χ3v) is 8.32. The van der Waals surface area contributed by atoms with Crippen molar-refractivity contribution in [1.82, 2.24) is 10.3 Å². The van der Waals surface area contributed by atoms with E-state index in [9.17, 15) is 14.4 Å². The fraction of sp³-hybridized carbons (Fsp3) is 0.233. The molecule has 4 heterocycles. The summed E-state index contributed by atoms with van der Waals surface area (Å²) in [6.45, 7) is 1.96. The molecule has 0 bridgehead atoms. The number of rotatable bonds is 4. The van der Waals surface area contributed by atoms with Gasteiger partial charge < -0.3 is 15.0 Å². The van der Waals surface area contributed by atoms with E-state index in [4.69, 9.17) is 4.74 Å². The molecule has 3 N–H and O–H groups in total. The van der Waals surface area contributed by atoms with E-state index in [-0.39, 0.29) is 17.7 Å². The number of aryl methyl sites for hydroxylation is 1. The molecule has 0 aliphatic carbocycles. The molecule has 3 amide bonds. The Morgan fingerprint density at radius 1 is 0.974 bits per heavy atom. The van der Waals surface area contributed by atoms with Crippen LogP contribution in [0.1, 0.15) is 16.7 Å². The Labute approximate surface area is 219 Å². The lowest BCUT2D eigenvalue weighted by molar-refractivity contribution is -0.130. The van der Waals surface area contributed by atoms with Crippen molar-refractivity contribution in [2.24, 2.45) is 11.8 Å². The van der Waals surface area contributed by atoms with Gasteiger partial charge in [0.2, 0.25) is 17.7 Å². The number of methoxy groups -OCH3 is 1. The number of imide groups is 1. The summed E-state index contributed by atoms with van der Waals surface area (Å²) in [7, 11) is 1.56. The Hall–Kier alpha value is -4.43. The zero-order chi connectivity index (χ0) is 26.2. The molecule has 3 aliphatic rings. The average Bonchev–Trinajstić information content (AvgIpc) is 3.63. The first kappa shape index (κ1) is 22.7. The maximum absolute atomic E-state index is 14.2. The average molecular weight is 507 g/mol. The molecule has 2 saturated heterocycles. The number of hydrogen-bond acceptors (Lipinski definition) is 5. The second-order valence-corrected chi connectivity index (χ2v) is 10.3. The number of nitrogens with one attached hydrogen (secondary N) is 3. The van der Waals surface area contributed by atoms with Gasteiger partial charge in [-0.25, -0.2) is 4.90 Å². The predicted octanol–water partition coefficient (Wildman–Crippen LogP) is 3.65. The zero-order valence-corrected chi connectivity index (χ0v) is 20.9. The molecule has 3 aliphatic heterocycles. The highest BCUT2D eigenvalue weighted by molar-refractivity contribution is 6.25. The highest BCUT2D eigenvalue weighted by Crippen LogP contribution is 2.54. The SMILES string of the molecule is COc1ccc(N2C(=O)[C@@H]3[C@H](Cc4c[nH]c5ccccc45)N[C@]4(C(=O)Nc5ccc(C)cc54)[C@@H]3C2=O)cc1. The number of carbonyl (C=O) groups is 3. The lowest BCUT2D eigenvalue weighted by Gasteiger charge is -2.29. The van der Waals surface area contributed by atoms with Crippen molar-refractivity contribution in [2.75, 3.05) is 17.3 Å². The van der Waals surface area contributed by atoms with Gasteiger partial charge in [0.25, 0.3) is 0 Å². The number of para-hydroxylation sites is 1. The van der Waals surface area contributed by atoms with Gasteiger partial charge in [0.1, 0.15) is 11.3 Å². The molecule has 38 heavy (non-hydrogen) atoms. The second-order valence-electron chi connectivity index (χ2n) is 10.3. The van der Waals surface area contributed by atoms with E-state index in [1.54, 1.807) is 31.4 Å². The zero-order valence-electron chi connectivity index (χ0n) is 20.9. The topological polar surface area (TPSA) is 104 Å². The molecule has 3 aromatic carbocycles. The number of amides is 3. The molecule has 2 fully saturated rings. The molecule has 0 saturated carbocycles. The van der Waals surface area contributed by atoms with Crippen LogP contribution in [0.5, 0.6) is 5.75 Å². The molecule has 0 radical (unpaired) electrons. The number of carbonyl (C=O) groups excluding carboxylic acids is 3. The molecule has 8 heteroatoms. The highest BCUT2D eigenvalue weighted by atomic mass is 16.5. The quantitative estimate of drug-likeness (QED) is 0.367. The van der Waals surface area contributed by atoms with Gasteiger partial charge in [-0.15, -0.1) is 0 Å². The summed E-state index contributed by atoms with van der Waals surface area (Å²) in [6.07, 6.45) is 2.43. The Bertz CT molecular complexity index is 1640. The first-order chi connectivity index (χ1) is 18.4. The minimum Gasteiger partial charge on any atom is -0.497 e. The van der Waals surface area contributed by atoms with Crippen LogP contribution in [-0.4, -0.2) is 35.9 Å². The Kier molecular flexibility index (Phi) is 4.81.